The van der Waals surface area contributed by atoms with Crippen molar-refractivity contribution in [1.29, 1.82) is 0 Å². The molecule has 0 saturated heterocycles. The Morgan fingerprint density at radius 3 is 2.78 bits per heavy atom. The summed E-state index contributed by atoms with van der Waals surface area (Å²) in [6.07, 6.45) is 2.02. The lowest BCUT2D eigenvalue weighted by Crippen LogP contribution is -2.39. The molecule has 1 rings (SSSR count). The topological polar surface area (TPSA) is 104 Å². The van der Waals surface area contributed by atoms with Crippen molar-refractivity contribution >= 4 is 12.0 Å². The lowest BCUT2D eigenvalue weighted by molar-refractivity contribution is -0.141. The predicted octanol–water partition coefficient (Wildman–Crippen LogP) is 0.387. The van der Waals surface area contributed by atoms with Crippen LogP contribution in [0.15, 0.2) is 18.3 Å². The number of carboxylic acid groups (broad SMARTS) is 1. The van der Waals surface area contributed by atoms with Crippen LogP contribution in [0.5, 0.6) is 0 Å². The lowest BCUT2D eigenvalue weighted by Gasteiger charge is -2.11. The number of carboxylic acids is 1. The number of urea groups is 1. The summed E-state index contributed by atoms with van der Waals surface area (Å²) in [4.78, 5) is 22.1. The molecule has 3 N–H and O–H groups in total. The number of hydrogen-bond acceptors (Lipinski definition) is 4. The number of carbonyl (C=O) groups is 2. The summed E-state index contributed by atoms with van der Waals surface area (Å²) < 4.78 is 0. The van der Waals surface area contributed by atoms with Gasteiger partial charge >= 0.3 is 12.0 Å². The second-order valence-electron chi connectivity index (χ2n) is 3.72. The van der Waals surface area contributed by atoms with Crippen LogP contribution in [-0.4, -0.2) is 33.8 Å². The molecular formula is C11H16N4O3. The van der Waals surface area contributed by atoms with Crippen LogP contribution in [0.1, 0.15) is 19.0 Å². The first kappa shape index (κ1) is 13.9. The summed E-state index contributed by atoms with van der Waals surface area (Å²) in [7, 11) is 0. The van der Waals surface area contributed by atoms with Crippen molar-refractivity contribution < 1.29 is 14.7 Å². The van der Waals surface area contributed by atoms with Crippen molar-refractivity contribution in [2.75, 3.05) is 6.54 Å². The third kappa shape index (κ3) is 4.77. The number of aromatic nitrogens is 2. The first-order valence-electron chi connectivity index (χ1n) is 5.64. The molecule has 1 heterocycles. The van der Waals surface area contributed by atoms with E-state index in [0.717, 1.165) is 0 Å². The second kappa shape index (κ2) is 7.21. The van der Waals surface area contributed by atoms with E-state index in [1.54, 1.807) is 25.3 Å². The van der Waals surface area contributed by atoms with Gasteiger partial charge in [0.2, 0.25) is 0 Å². The fourth-order valence-electron chi connectivity index (χ4n) is 1.28. The van der Waals surface area contributed by atoms with Crippen molar-refractivity contribution in [3.05, 3.63) is 24.0 Å². The van der Waals surface area contributed by atoms with E-state index in [-0.39, 0.29) is 13.1 Å². The molecule has 0 aromatic carbocycles. The maximum atomic E-state index is 11.4. The Hall–Kier alpha value is -2.18. The fourth-order valence-corrected chi connectivity index (χ4v) is 1.28. The van der Waals surface area contributed by atoms with Crippen molar-refractivity contribution in [1.82, 2.24) is 20.8 Å². The Bertz CT molecular complexity index is 397. The Morgan fingerprint density at radius 2 is 2.22 bits per heavy atom. The lowest BCUT2D eigenvalue weighted by atomic mass is 10.1. The first-order valence-corrected chi connectivity index (χ1v) is 5.64. The van der Waals surface area contributed by atoms with Gasteiger partial charge in [0.25, 0.3) is 0 Å². The molecule has 0 saturated carbocycles. The second-order valence-corrected chi connectivity index (χ2v) is 3.72. The molecule has 7 heteroatoms. The fraction of sp³-hybridized carbons (Fsp3) is 0.455. The summed E-state index contributed by atoms with van der Waals surface area (Å²) in [6, 6.07) is 3.04. The first-order chi connectivity index (χ1) is 8.63. The average Bonchev–Trinajstić information content (AvgIpc) is 2.38. The van der Waals surface area contributed by atoms with Gasteiger partial charge in [-0.25, -0.2) is 4.79 Å². The summed E-state index contributed by atoms with van der Waals surface area (Å²) in [5.41, 5.74) is 0.637. The molecular weight excluding hydrogens is 236 g/mol. The Balaban J connectivity index is 2.28. The molecule has 0 spiro atoms. The highest BCUT2D eigenvalue weighted by atomic mass is 16.4. The van der Waals surface area contributed by atoms with Gasteiger partial charge in [-0.3, -0.25) is 4.79 Å². The number of nitrogens with one attached hydrogen (secondary N) is 2. The predicted molar refractivity (Wildman–Crippen MR) is 63.7 cm³/mol. The molecule has 2 amide bonds. The van der Waals surface area contributed by atoms with Gasteiger partial charge in [0.1, 0.15) is 0 Å². The van der Waals surface area contributed by atoms with Crippen molar-refractivity contribution in [3.8, 4) is 0 Å². The summed E-state index contributed by atoms with van der Waals surface area (Å²) in [5.74, 6) is -1.47. The number of rotatable bonds is 6. The Morgan fingerprint density at radius 1 is 1.44 bits per heavy atom. The molecule has 1 unspecified atom stereocenters. The van der Waals surface area contributed by atoms with Gasteiger partial charge < -0.3 is 15.7 Å². The normalized spacial score (nSPS) is 11.6. The Kier molecular flexibility index (Phi) is 5.56. The molecule has 0 bridgehead atoms. The molecule has 0 fully saturated rings. The monoisotopic (exact) mass is 252 g/mol. The van der Waals surface area contributed by atoms with E-state index in [4.69, 9.17) is 5.11 Å². The average molecular weight is 252 g/mol. The van der Waals surface area contributed by atoms with Gasteiger partial charge in [0.05, 0.1) is 18.2 Å². The van der Waals surface area contributed by atoms with Crippen LogP contribution in [0.2, 0.25) is 0 Å². The Labute approximate surface area is 105 Å². The highest BCUT2D eigenvalue weighted by Gasteiger charge is 2.15. The zero-order valence-electron chi connectivity index (χ0n) is 10.1. The zero-order valence-corrected chi connectivity index (χ0v) is 10.1. The van der Waals surface area contributed by atoms with Gasteiger partial charge in [-0.05, 0) is 18.6 Å². The maximum Gasteiger partial charge on any atom is 0.315 e. The summed E-state index contributed by atoms with van der Waals surface area (Å²) in [6.45, 7) is 2.12. The number of aliphatic carboxylic acids is 1. The third-order valence-corrected chi connectivity index (χ3v) is 2.41. The van der Waals surface area contributed by atoms with Gasteiger partial charge in [0.15, 0.2) is 0 Å². The molecule has 0 aliphatic carbocycles. The van der Waals surface area contributed by atoms with Gasteiger partial charge in [0, 0.05) is 12.7 Å². The molecule has 98 valence electrons. The van der Waals surface area contributed by atoms with E-state index < -0.39 is 17.9 Å². The number of nitrogens with zero attached hydrogens (tertiary/aromatic N) is 2. The maximum absolute atomic E-state index is 11.4. The minimum atomic E-state index is -0.910. The van der Waals surface area contributed by atoms with E-state index in [1.165, 1.54) is 0 Å². The highest BCUT2D eigenvalue weighted by Crippen LogP contribution is 2.00. The standard InChI is InChI=1S/C11H16N4O3/c1-2-8(10(16)17)6-12-11(18)13-7-9-4-3-5-14-15-9/h3-5,8H,2,6-7H2,1H3,(H,16,17)(H2,12,13,18). The minimum Gasteiger partial charge on any atom is -0.481 e. The zero-order chi connectivity index (χ0) is 13.4. The van der Waals surface area contributed by atoms with E-state index >= 15 is 0 Å². The number of carbonyl (C=O) groups excluding carboxylic acids is 1. The van der Waals surface area contributed by atoms with E-state index in [0.29, 0.717) is 12.1 Å². The smallest absolute Gasteiger partial charge is 0.315 e. The molecule has 1 aromatic rings. The third-order valence-electron chi connectivity index (χ3n) is 2.41. The molecule has 1 aromatic heterocycles. The molecule has 0 radical (unpaired) electrons. The SMILES string of the molecule is CCC(CNC(=O)NCc1cccnn1)C(=O)O. The number of hydrogen-bond donors (Lipinski definition) is 3. The number of amides is 2. The van der Waals surface area contributed by atoms with Crippen molar-refractivity contribution in [2.45, 2.75) is 19.9 Å². The summed E-state index contributed by atoms with van der Waals surface area (Å²) in [5, 5.41) is 21.4. The molecule has 7 nitrogen and oxygen atoms in total. The molecule has 0 aliphatic rings. The van der Waals surface area contributed by atoms with E-state index in [1.807, 2.05) is 0 Å². The minimum absolute atomic E-state index is 0.109. The van der Waals surface area contributed by atoms with Gasteiger partial charge in [-0.1, -0.05) is 6.92 Å². The largest absolute Gasteiger partial charge is 0.481 e. The highest BCUT2D eigenvalue weighted by molar-refractivity contribution is 5.75. The van der Waals surface area contributed by atoms with Crippen molar-refractivity contribution in [3.63, 3.8) is 0 Å². The van der Waals surface area contributed by atoms with Crippen LogP contribution >= 0.6 is 0 Å². The molecule has 18 heavy (non-hydrogen) atoms. The van der Waals surface area contributed by atoms with Gasteiger partial charge in [-0.2, -0.15) is 10.2 Å². The van der Waals surface area contributed by atoms with Crippen LogP contribution in [0.25, 0.3) is 0 Å². The van der Waals surface area contributed by atoms with Crippen LogP contribution < -0.4 is 10.6 Å². The van der Waals surface area contributed by atoms with Crippen LogP contribution in [-0.2, 0) is 11.3 Å². The van der Waals surface area contributed by atoms with E-state index in [9.17, 15) is 9.59 Å². The van der Waals surface area contributed by atoms with Gasteiger partial charge in [-0.15, -0.1) is 0 Å². The van der Waals surface area contributed by atoms with Crippen molar-refractivity contribution in [2.24, 2.45) is 5.92 Å². The molecule has 0 aliphatic heterocycles. The summed E-state index contributed by atoms with van der Waals surface area (Å²) >= 11 is 0. The molecule has 1 atom stereocenters. The quantitative estimate of drug-likeness (QED) is 0.679. The van der Waals surface area contributed by atoms with Crippen LogP contribution in [0.4, 0.5) is 4.79 Å². The van der Waals surface area contributed by atoms with E-state index in [2.05, 4.69) is 20.8 Å². The van der Waals surface area contributed by atoms with Crippen LogP contribution in [0, 0.1) is 5.92 Å². The van der Waals surface area contributed by atoms with Crippen LogP contribution in [0.3, 0.4) is 0 Å².